The molecular weight excluding hydrogens is 302 g/mol. The maximum absolute atomic E-state index is 5.26. The second kappa shape index (κ2) is 7.54. The molecule has 0 heterocycles. The highest BCUT2D eigenvalue weighted by atomic mass is 79.9. The molecule has 0 aromatic heterocycles. The van der Waals surface area contributed by atoms with Gasteiger partial charge in [0.05, 0.1) is 0 Å². The van der Waals surface area contributed by atoms with E-state index in [-0.39, 0.29) is 0 Å². The molecule has 3 heteroatoms. The standard InChI is InChI=1S/C16H14BrNO/c17-16(12-11-14-7-3-1-4-8-14)18-19-13-15-9-5-2-6-10-15/h1-12H,13H2/b12-11+,18-16-. The maximum atomic E-state index is 5.26. The SMILES string of the molecule is BrC(/C=C/c1ccccc1)=N\OCc1ccccc1. The van der Waals surface area contributed by atoms with Crippen LogP contribution >= 0.6 is 15.9 Å². The molecular formula is C16H14BrNO. The largest absolute Gasteiger partial charge is 0.390 e. The van der Waals surface area contributed by atoms with Gasteiger partial charge in [0.2, 0.25) is 0 Å². The number of hydrogen-bond acceptors (Lipinski definition) is 2. The molecule has 0 amide bonds. The van der Waals surface area contributed by atoms with E-state index in [1.54, 1.807) is 0 Å². The van der Waals surface area contributed by atoms with E-state index in [9.17, 15) is 0 Å². The Labute approximate surface area is 121 Å². The van der Waals surface area contributed by atoms with Crippen LogP contribution in [-0.2, 0) is 11.4 Å². The topological polar surface area (TPSA) is 21.6 Å². The van der Waals surface area contributed by atoms with E-state index in [1.807, 2.05) is 72.8 Å². The quantitative estimate of drug-likeness (QED) is 0.582. The molecule has 0 unspecified atom stereocenters. The molecule has 0 bridgehead atoms. The number of benzene rings is 2. The van der Waals surface area contributed by atoms with Crippen molar-refractivity contribution in [3.63, 3.8) is 0 Å². The monoisotopic (exact) mass is 315 g/mol. The second-order valence-electron chi connectivity index (χ2n) is 3.92. The Morgan fingerprint density at radius 3 is 2.32 bits per heavy atom. The molecule has 0 saturated heterocycles. The number of hydrogen-bond donors (Lipinski definition) is 0. The molecule has 2 rings (SSSR count). The van der Waals surface area contributed by atoms with Gasteiger partial charge in [-0.05, 0) is 33.1 Å². The summed E-state index contributed by atoms with van der Waals surface area (Å²) < 4.78 is 0.660. The minimum Gasteiger partial charge on any atom is -0.390 e. The third kappa shape index (κ3) is 5.10. The lowest BCUT2D eigenvalue weighted by molar-refractivity contribution is 0.132. The van der Waals surface area contributed by atoms with E-state index in [0.717, 1.165) is 11.1 Å². The van der Waals surface area contributed by atoms with Crippen LogP contribution in [0.1, 0.15) is 11.1 Å². The molecule has 0 saturated carbocycles. The highest BCUT2D eigenvalue weighted by Gasteiger charge is 1.92. The summed E-state index contributed by atoms with van der Waals surface area (Å²) in [6, 6.07) is 20.0. The second-order valence-corrected chi connectivity index (χ2v) is 4.73. The molecule has 2 nitrogen and oxygen atoms in total. The van der Waals surface area contributed by atoms with Crippen LogP contribution in [0.15, 0.2) is 71.9 Å². The zero-order valence-corrected chi connectivity index (χ0v) is 12.0. The number of nitrogens with zero attached hydrogens (tertiary/aromatic N) is 1. The van der Waals surface area contributed by atoms with Gasteiger partial charge < -0.3 is 4.84 Å². The molecule has 0 fully saturated rings. The Morgan fingerprint density at radius 2 is 1.63 bits per heavy atom. The summed E-state index contributed by atoms with van der Waals surface area (Å²) in [6.07, 6.45) is 3.83. The number of allylic oxidation sites excluding steroid dienone is 1. The summed E-state index contributed by atoms with van der Waals surface area (Å²) in [6.45, 7) is 0.467. The average Bonchev–Trinajstić information content (AvgIpc) is 2.47. The Morgan fingerprint density at radius 1 is 1.00 bits per heavy atom. The van der Waals surface area contributed by atoms with E-state index < -0.39 is 0 Å². The van der Waals surface area contributed by atoms with Crippen LogP contribution in [0.5, 0.6) is 0 Å². The van der Waals surface area contributed by atoms with Crippen LogP contribution in [0.2, 0.25) is 0 Å². The molecule has 19 heavy (non-hydrogen) atoms. The fraction of sp³-hybridized carbons (Fsp3) is 0.0625. The third-order valence-electron chi connectivity index (χ3n) is 2.44. The first-order valence-corrected chi connectivity index (χ1v) is 6.76. The van der Waals surface area contributed by atoms with Crippen molar-refractivity contribution in [1.29, 1.82) is 0 Å². The lowest BCUT2D eigenvalue weighted by Crippen LogP contribution is -1.88. The first-order valence-electron chi connectivity index (χ1n) is 5.97. The van der Waals surface area contributed by atoms with Crippen LogP contribution < -0.4 is 0 Å². The number of oxime groups is 1. The summed E-state index contributed by atoms with van der Waals surface area (Å²) in [5.41, 5.74) is 2.22. The summed E-state index contributed by atoms with van der Waals surface area (Å²) in [4.78, 5) is 5.26. The Kier molecular flexibility index (Phi) is 5.38. The predicted octanol–water partition coefficient (Wildman–Crippen LogP) is 4.63. The first-order chi connectivity index (χ1) is 9.34. The van der Waals surface area contributed by atoms with Gasteiger partial charge >= 0.3 is 0 Å². The minimum absolute atomic E-state index is 0.467. The lowest BCUT2D eigenvalue weighted by Gasteiger charge is -1.99. The molecule has 0 aliphatic rings. The van der Waals surface area contributed by atoms with Crippen molar-refractivity contribution >= 4 is 26.6 Å². The van der Waals surface area contributed by atoms with E-state index in [1.165, 1.54) is 0 Å². The van der Waals surface area contributed by atoms with Crippen molar-refractivity contribution in [1.82, 2.24) is 0 Å². The molecule has 0 aliphatic heterocycles. The molecule has 2 aromatic rings. The number of halogens is 1. The summed E-state index contributed by atoms with van der Waals surface area (Å²) >= 11 is 3.35. The molecule has 0 N–H and O–H groups in total. The van der Waals surface area contributed by atoms with Gasteiger partial charge in [0.15, 0.2) is 0 Å². The predicted molar refractivity (Wildman–Crippen MR) is 83.1 cm³/mol. The van der Waals surface area contributed by atoms with Gasteiger partial charge in [-0.1, -0.05) is 71.9 Å². The van der Waals surface area contributed by atoms with Crippen molar-refractivity contribution in [2.24, 2.45) is 5.16 Å². The van der Waals surface area contributed by atoms with Crippen molar-refractivity contribution in [3.8, 4) is 0 Å². The van der Waals surface area contributed by atoms with Crippen molar-refractivity contribution < 1.29 is 4.84 Å². The number of rotatable bonds is 5. The first kappa shape index (κ1) is 13.6. The highest BCUT2D eigenvalue weighted by Crippen LogP contribution is 2.05. The average molecular weight is 316 g/mol. The van der Waals surface area contributed by atoms with Gasteiger partial charge in [-0.2, -0.15) is 0 Å². The molecule has 0 aliphatic carbocycles. The zero-order valence-electron chi connectivity index (χ0n) is 10.4. The Balaban J connectivity index is 1.85. The van der Waals surface area contributed by atoms with Gasteiger partial charge in [-0.15, -0.1) is 0 Å². The van der Waals surface area contributed by atoms with Crippen LogP contribution in [0.4, 0.5) is 0 Å². The van der Waals surface area contributed by atoms with E-state index in [0.29, 0.717) is 11.2 Å². The fourth-order valence-corrected chi connectivity index (χ4v) is 1.74. The van der Waals surface area contributed by atoms with Crippen LogP contribution in [0.3, 0.4) is 0 Å². The van der Waals surface area contributed by atoms with Gasteiger partial charge in [0.25, 0.3) is 0 Å². The van der Waals surface area contributed by atoms with Crippen LogP contribution in [0.25, 0.3) is 6.08 Å². The summed E-state index contributed by atoms with van der Waals surface area (Å²) in [5, 5.41) is 3.98. The molecule has 0 spiro atoms. The third-order valence-corrected chi connectivity index (χ3v) is 2.85. The van der Waals surface area contributed by atoms with Gasteiger partial charge in [-0.25, -0.2) is 0 Å². The van der Waals surface area contributed by atoms with Crippen molar-refractivity contribution in [2.45, 2.75) is 6.61 Å². The Bertz CT molecular complexity index is 549. The van der Waals surface area contributed by atoms with E-state index >= 15 is 0 Å². The Hall–Kier alpha value is -1.87. The van der Waals surface area contributed by atoms with Crippen LogP contribution in [0, 0.1) is 0 Å². The van der Waals surface area contributed by atoms with Gasteiger partial charge in [0.1, 0.15) is 11.2 Å². The molecule has 0 atom stereocenters. The summed E-state index contributed by atoms with van der Waals surface area (Å²) in [7, 11) is 0. The van der Waals surface area contributed by atoms with Crippen LogP contribution in [-0.4, -0.2) is 4.62 Å². The van der Waals surface area contributed by atoms with E-state index in [4.69, 9.17) is 4.84 Å². The van der Waals surface area contributed by atoms with Gasteiger partial charge in [0, 0.05) is 0 Å². The fourth-order valence-electron chi connectivity index (χ4n) is 1.50. The highest BCUT2D eigenvalue weighted by molar-refractivity contribution is 9.18. The van der Waals surface area contributed by atoms with Crippen molar-refractivity contribution in [3.05, 3.63) is 77.9 Å². The molecule has 96 valence electrons. The molecule has 2 aromatic carbocycles. The normalized spacial score (nSPS) is 11.7. The van der Waals surface area contributed by atoms with Crippen molar-refractivity contribution in [2.75, 3.05) is 0 Å². The minimum atomic E-state index is 0.467. The molecule has 0 radical (unpaired) electrons. The maximum Gasteiger partial charge on any atom is 0.145 e. The summed E-state index contributed by atoms with van der Waals surface area (Å²) in [5.74, 6) is 0. The van der Waals surface area contributed by atoms with E-state index in [2.05, 4.69) is 21.1 Å². The zero-order chi connectivity index (χ0) is 13.3. The smallest absolute Gasteiger partial charge is 0.145 e. The van der Waals surface area contributed by atoms with Gasteiger partial charge in [-0.3, -0.25) is 0 Å². The lowest BCUT2D eigenvalue weighted by atomic mass is 10.2.